The number of aliphatic hydroxyl groups excluding tert-OH is 1. The lowest BCUT2D eigenvalue weighted by Crippen LogP contribution is -2.16. The number of alkyl halides is 2. The van der Waals surface area contributed by atoms with Crippen LogP contribution in [-0.4, -0.2) is 25.3 Å². The van der Waals surface area contributed by atoms with Crippen molar-refractivity contribution in [1.82, 2.24) is 0 Å². The number of carbonyl (C=O) groups excluding carboxylic acids is 1. The largest absolute Gasteiger partial charge is 0.496 e. The highest BCUT2D eigenvalue weighted by Gasteiger charge is 2.27. The lowest BCUT2D eigenvalue weighted by molar-refractivity contribution is -0.150. The quantitative estimate of drug-likeness (QED) is 0.823. The standard InChI is InChI=1S/C11H12F2O4/c1-16-7-5-3-4-6(8(7)10(12)13)9(14)11(15)17-2/h3-5,9-10,14H,1-2H3. The number of hydrogen-bond donors (Lipinski definition) is 1. The van der Waals surface area contributed by atoms with E-state index in [1.807, 2.05) is 0 Å². The van der Waals surface area contributed by atoms with Crippen molar-refractivity contribution in [3.05, 3.63) is 29.3 Å². The van der Waals surface area contributed by atoms with Crippen LogP contribution in [-0.2, 0) is 9.53 Å². The van der Waals surface area contributed by atoms with E-state index in [9.17, 15) is 18.7 Å². The van der Waals surface area contributed by atoms with E-state index in [2.05, 4.69) is 4.74 Å². The number of rotatable bonds is 4. The topological polar surface area (TPSA) is 55.8 Å². The minimum Gasteiger partial charge on any atom is -0.496 e. The fourth-order valence-corrected chi connectivity index (χ4v) is 1.45. The number of benzene rings is 1. The third-order valence-electron chi connectivity index (χ3n) is 2.26. The Labute approximate surface area is 96.8 Å². The number of ether oxygens (including phenoxy) is 2. The molecule has 0 spiro atoms. The molecular weight excluding hydrogens is 234 g/mol. The molecule has 1 atom stereocenters. The van der Waals surface area contributed by atoms with E-state index in [1.54, 1.807) is 0 Å². The maximum absolute atomic E-state index is 12.9. The van der Waals surface area contributed by atoms with Crippen LogP contribution in [0.25, 0.3) is 0 Å². The van der Waals surface area contributed by atoms with Gasteiger partial charge in [0.25, 0.3) is 6.43 Å². The molecule has 0 aliphatic heterocycles. The third-order valence-corrected chi connectivity index (χ3v) is 2.26. The van der Waals surface area contributed by atoms with Crippen molar-refractivity contribution in [2.24, 2.45) is 0 Å². The number of esters is 1. The van der Waals surface area contributed by atoms with Gasteiger partial charge in [0.05, 0.1) is 19.8 Å². The Morgan fingerprint density at radius 1 is 1.35 bits per heavy atom. The predicted molar refractivity (Wildman–Crippen MR) is 54.9 cm³/mol. The molecule has 1 N–H and O–H groups in total. The molecule has 17 heavy (non-hydrogen) atoms. The summed E-state index contributed by atoms with van der Waals surface area (Å²) < 4.78 is 34.8. The first-order chi connectivity index (χ1) is 8.02. The van der Waals surface area contributed by atoms with Gasteiger partial charge in [-0.1, -0.05) is 12.1 Å². The Morgan fingerprint density at radius 3 is 2.47 bits per heavy atom. The van der Waals surface area contributed by atoms with Crippen LogP contribution in [0.4, 0.5) is 8.78 Å². The van der Waals surface area contributed by atoms with Gasteiger partial charge in [-0.2, -0.15) is 0 Å². The molecule has 1 unspecified atom stereocenters. The summed E-state index contributed by atoms with van der Waals surface area (Å²) in [6, 6.07) is 3.97. The highest BCUT2D eigenvalue weighted by atomic mass is 19.3. The number of aliphatic hydroxyl groups is 1. The van der Waals surface area contributed by atoms with Gasteiger partial charge in [0.2, 0.25) is 0 Å². The van der Waals surface area contributed by atoms with Crippen LogP contribution in [0.1, 0.15) is 23.7 Å². The first-order valence-electron chi connectivity index (χ1n) is 4.73. The van der Waals surface area contributed by atoms with Crippen molar-refractivity contribution in [3.8, 4) is 5.75 Å². The summed E-state index contributed by atoms with van der Waals surface area (Å²) in [5.41, 5.74) is -0.723. The zero-order valence-electron chi connectivity index (χ0n) is 9.31. The molecule has 1 aromatic carbocycles. The van der Waals surface area contributed by atoms with Crippen molar-refractivity contribution >= 4 is 5.97 Å². The van der Waals surface area contributed by atoms with E-state index in [4.69, 9.17) is 4.74 Å². The van der Waals surface area contributed by atoms with E-state index in [1.165, 1.54) is 25.3 Å². The normalized spacial score (nSPS) is 12.4. The maximum atomic E-state index is 12.9. The average molecular weight is 246 g/mol. The van der Waals surface area contributed by atoms with Crippen LogP contribution < -0.4 is 4.74 Å². The van der Waals surface area contributed by atoms with Crippen LogP contribution in [0.5, 0.6) is 5.75 Å². The molecule has 0 amide bonds. The van der Waals surface area contributed by atoms with Gasteiger partial charge in [-0.3, -0.25) is 0 Å². The van der Waals surface area contributed by atoms with Crippen LogP contribution in [0.2, 0.25) is 0 Å². The number of methoxy groups -OCH3 is 2. The zero-order valence-corrected chi connectivity index (χ0v) is 9.31. The minimum absolute atomic E-state index is 0.0829. The first-order valence-corrected chi connectivity index (χ1v) is 4.73. The van der Waals surface area contributed by atoms with Crippen LogP contribution in [0.15, 0.2) is 18.2 Å². The van der Waals surface area contributed by atoms with Crippen molar-refractivity contribution in [2.75, 3.05) is 14.2 Å². The number of carbonyl (C=O) groups is 1. The average Bonchev–Trinajstić information content (AvgIpc) is 2.35. The molecule has 0 saturated carbocycles. The van der Waals surface area contributed by atoms with E-state index in [0.29, 0.717) is 0 Å². The lowest BCUT2D eigenvalue weighted by Gasteiger charge is -2.16. The summed E-state index contributed by atoms with van der Waals surface area (Å²) in [7, 11) is 2.29. The van der Waals surface area contributed by atoms with Crippen LogP contribution in [0, 0.1) is 0 Å². The first kappa shape index (κ1) is 13.4. The number of halogens is 2. The second-order valence-corrected chi connectivity index (χ2v) is 3.19. The molecule has 1 aromatic rings. The SMILES string of the molecule is COC(=O)C(O)c1cccc(OC)c1C(F)F. The van der Waals surface area contributed by atoms with Gasteiger partial charge in [-0.25, -0.2) is 13.6 Å². The number of hydrogen-bond acceptors (Lipinski definition) is 4. The highest BCUT2D eigenvalue weighted by molar-refractivity contribution is 5.77. The molecule has 0 radical (unpaired) electrons. The van der Waals surface area contributed by atoms with Crippen molar-refractivity contribution in [2.45, 2.75) is 12.5 Å². The monoisotopic (exact) mass is 246 g/mol. The fourth-order valence-electron chi connectivity index (χ4n) is 1.45. The second kappa shape index (κ2) is 5.58. The summed E-state index contributed by atoms with van der Waals surface area (Å²) >= 11 is 0. The Morgan fingerprint density at radius 2 is 2.00 bits per heavy atom. The maximum Gasteiger partial charge on any atom is 0.339 e. The molecule has 94 valence electrons. The molecule has 4 nitrogen and oxygen atoms in total. The molecule has 1 rings (SSSR count). The molecule has 0 saturated heterocycles. The van der Waals surface area contributed by atoms with Gasteiger partial charge in [0, 0.05) is 5.56 Å². The van der Waals surface area contributed by atoms with Gasteiger partial charge in [-0.05, 0) is 6.07 Å². The Hall–Kier alpha value is -1.69. The Bertz CT molecular complexity index is 406. The van der Waals surface area contributed by atoms with Gasteiger partial charge < -0.3 is 14.6 Å². The van der Waals surface area contributed by atoms with E-state index >= 15 is 0 Å². The van der Waals surface area contributed by atoms with Crippen LogP contribution in [0.3, 0.4) is 0 Å². The summed E-state index contributed by atoms with van der Waals surface area (Å²) in [5, 5.41) is 9.58. The molecule has 0 aromatic heterocycles. The van der Waals surface area contributed by atoms with Gasteiger partial charge in [0.15, 0.2) is 6.10 Å². The van der Waals surface area contributed by atoms with Gasteiger partial charge in [0.1, 0.15) is 5.75 Å². The van der Waals surface area contributed by atoms with Crippen molar-refractivity contribution in [3.63, 3.8) is 0 Å². The fraction of sp³-hybridized carbons (Fsp3) is 0.364. The summed E-state index contributed by atoms with van der Waals surface area (Å²) in [4.78, 5) is 11.1. The van der Waals surface area contributed by atoms with Gasteiger partial charge >= 0.3 is 5.97 Å². The summed E-state index contributed by atoms with van der Waals surface area (Å²) in [6.45, 7) is 0. The van der Waals surface area contributed by atoms with Gasteiger partial charge in [-0.15, -0.1) is 0 Å². The molecule has 0 aliphatic carbocycles. The van der Waals surface area contributed by atoms with Crippen molar-refractivity contribution < 1.29 is 28.2 Å². The summed E-state index contributed by atoms with van der Waals surface area (Å²) in [5.74, 6) is -1.08. The van der Waals surface area contributed by atoms with E-state index in [0.717, 1.165) is 7.11 Å². The summed E-state index contributed by atoms with van der Waals surface area (Å²) in [6.07, 6.45) is -4.61. The Balaban J connectivity index is 3.27. The smallest absolute Gasteiger partial charge is 0.339 e. The second-order valence-electron chi connectivity index (χ2n) is 3.19. The van der Waals surface area contributed by atoms with E-state index in [-0.39, 0.29) is 11.3 Å². The van der Waals surface area contributed by atoms with Crippen LogP contribution >= 0.6 is 0 Å². The zero-order chi connectivity index (χ0) is 13.0. The molecule has 0 aliphatic rings. The third kappa shape index (κ3) is 2.71. The van der Waals surface area contributed by atoms with Crippen molar-refractivity contribution in [1.29, 1.82) is 0 Å². The highest BCUT2D eigenvalue weighted by Crippen LogP contribution is 2.35. The molecule has 0 fully saturated rings. The minimum atomic E-state index is -2.86. The molecular formula is C11H12F2O4. The molecule has 6 heteroatoms. The van der Waals surface area contributed by atoms with E-state index < -0.39 is 24.1 Å². The Kier molecular flexibility index (Phi) is 4.39. The molecule has 0 heterocycles. The predicted octanol–water partition coefficient (Wildman–Crippen LogP) is 1.84. The molecule has 0 bridgehead atoms. The lowest BCUT2D eigenvalue weighted by atomic mass is 10.0.